The molecule has 1 aromatic carbocycles. The Bertz CT molecular complexity index is 563. The van der Waals surface area contributed by atoms with E-state index >= 15 is 0 Å². The van der Waals surface area contributed by atoms with Gasteiger partial charge >= 0.3 is 0 Å². The van der Waals surface area contributed by atoms with Crippen LogP contribution in [0.1, 0.15) is 43.3 Å². The van der Waals surface area contributed by atoms with E-state index in [9.17, 15) is 0 Å². The van der Waals surface area contributed by atoms with Gasteiger partial charge in [-0.05, 0) is 44.0 Å². The quantitative estimate of drug-likeness (QED) is 0.862. The van der Waals surface area contributed by atoms with Gasteiger partial charge in [-0.2, -0.15) is 0 Å². The number of halogens is 1. The topological polar surface area (TPSA) is 29.9 Å². The van der Waals surface area contributed by atoms with Crippen molar-refractivity contribution in [2.45, 2.75) is 39.8 Å². The monoisotopic (exact) mass is 335 g/mol. The maximum Gasteiger partial charge on any atom is 0.130 e. The molecule has 0 saturated carbocycles. The van der Waals surface area contributed by atoms with Crippen molar-refractivity contribution < 1.29 is 0 Å². The zero-order valence-corrected chi connectivity index (χ0v) is 13.9. The van der Waals surface area contributed by atoms with Gasteiger partial charge in [0.2, 0.25) is 0 Å². The molecule has 0 radical (unpaired) electrons. The summed E-state index contributed by atoms with van der Waals surface area (Å²) in [7, 11) is 0. The number of hydrogen-bond donors (Lipinski definition) is 1. The standard InChI is InChI=1S/C16H22BrN3/c1-4-9-18-15(16-19-10-11-20(16)5-2)13-7-6-8-14(17)12(13)3/h6-8,10-11,15,18H,4-5,9H2,1-3H3. The molecule has 0 aliphatic heterocycles. The van der Waals surface area contributed by atoms with E-state index in [1.165, 1.54) is 11.1 Å². The Morgan fingerprint density at radius 2 is 2.15 bits per heavy atom. The minimum absolute atomic E-state index is 0.141. The minimum Gasteiger partial charge on any atom is -0.334 e. The molecular weight excluding hydrogens is 314 g/mol. The van der Waals surface area contributed by atoms with Crippen molar-refractivity contribution in [2.75, 3.05) is 6.54 Å². The van der Waals surface area contributed by atoms with Gasteiger partial charge in [0.25, 0.3) is 0 Å². The van der Waals surface area contributed by atoms with E-state index in [0.29, 0.717) is 0 Å². The van der Waals surface area contributed by atoms with Crippen LogP contribution in [-0.4, -0.2) is 16.1 Å². The molecule has 4 heteroatoms. The van der Waals surface area contributed by atoms with Crippen LogP contribution in [0.25, 0.3) is 0 Å². The van der Waals surface area contributed by atoms with Gasteiger partial charge in [0, 0.05) is 23.4 Å². The van der Waals surface area contributed by atoms with Gasteiger partial charge in [-0.25, -0.2) is 4.98 Å². The average molecular weight is 336 g/mol. The van der Waals surface area contributed by atoms with Crippen LogP contribution >= 0.6 is 15.9 Å². The van der Waals surface area contributed by atoms with Crippen molar-refractivity contribution >= 4 is 15.9 Å². The first-order valence-corrected chi connectivity index (χ1v) is 7.97. The summed E-state index contributed by atoms with van der Waals surface area (Å²) in [6.07, 6.45) is 5.03. The number of aryl methyl sites for hydroxylation is 1. The molecule has 1 N–H and O–H groups in total. The highest BCUT2D eigenvalue weighted by Crippen LogP contribution is 2.28. The molecule has 0 aliphatic carbocycles. The molecule has 0 bridgehead atoms. The van der Waals surface area contributed by atoms with E-state index in [4.69, 9.17) is 0 Å². The maximum atomic E-state index is 4.57. The van der Waals surface area contributed by atoms with Crippen LogP contribution in [0, 0.1) is 6.92 Å². The summed E-state index contributed by atoms with van der Waals surface area (Å²) in [5, 5.41) is 3.63. The molecule has 108 valence electrons. The number of imidazole rings is 1. The first kappa shape index (κ1) is 15.3. The number of nitrogens with zero attached hydrogens (tertiary/aromatic N) is 2. The molecule has 1 unspecified atom stereocenters. The fraction of sp³-hybridized carbons (Fsp3) is 0.438. The van der Waals surface area contributed by atoms with Gasteiger partial charge in [-0.1, -0.05) is 35.0 Å². The molecule has 0 aliphatic rings. The Hall–Kier alpha value is -1.13. The summed E-state index contributed by atoms with van der Waals surface area (Å²) < 4.78 is 3.35. The number of rotatable bonds is 6. The van der Waals surface area contributed by atoms with Crippen LogP contribution in [0.2, 0.25) is 0 Å². The second-order valence-electron chi connectivity index (χ2n) is 4.91. The molecule has 1 atom stereocenters. The van der Waals surface area contributed by atoms with Crippen LogP contribution in [0.15, 0.2) is 35.1 Å². The highest BCUT2D eigenvalue weighted by atomic mass is 79.9. The Morgan fingerprint density at radius 1 is 1.35 bits per heavy atom. The lowest BCUT2D eigenvalue weighted by atomic mass is 10.0. The predicted molar refractivity (Wildman–Crippen MR) is 86.9 cm³/mol. The third kappa shape index (κ3) is 3.13. The molecule has 0 fully saturated rings. The normalized spacial score (nSPS) is 12.6. The fourth-order valence-electron chi connectivity index (χ4n) is 2.41. The zero-order valence-electron chi connectivity index (χ0n) is 12.4. The molecular formula is C16H22BrN3. The van der Waals surface area contributed by atoms with Gasteiger partial charge < -0.3 is 9.88 Å². The third-order valence-electron chi connectivity index (χ3n) is 3.57. The Morgan fingerprint density at radius 3 is 2.85 bits per heavy atom. The van der Waals surface area contributed by atoms with Crippen molar-refractivity contribution in [1.29, 1.82) is 0 Å². The van der Waals surface area contributed by atoms with Crippen molar-refractivity contribution in [3.8, 4) is 0 Å². The Balaban J connectivity index is 2.44. The van der Waals surface area contributed by atoms with Gasteiger partial charge in [0.05, 0.1) is 6.04 Å². The van der Waals surface area contributed by atoms with E-state index in [1.807, 2.05) is 12.4 Å². The third-order valence-corrected chi connectivity index (χ3v) is 4.42. The maximum absolute atomic E-state index is 4.57. The van der Waals surface area contributed by atoms with Crippen LogP contribution in [0.4, 0.5) is 0 Å². The lowest BCUT2D eigenvalue weighted by molar-refractivity contribution is 0.539. The number of aromatic nitrogens is 2. The summed E-state index contributed by atoms with van der Waals surface area (Å²) in [5.41, 5.74) is 2.56. The molecule has 2 aromatic rings. The summed E-state index contributed by atoms with van der Waals surface area (Å²) in [6, 6.07) is 6.50. The van der Waals surface area contributed by atoms with Crippen molar-refractivity contribution in [3.63, 3.8) is 0 Å². The van der Waals surface area contributed by atoms with Crippen molar-refractivity contribution in [2.24, 2.45) is 0 Å². The van der Waals surface area contributed by atoms with E-state index in [0.717, 1.165) is 29.8 Å². The van der Waals surface area contributed by atoms with Gasteiger partial charge in [0.1, 0.15) is 5.82 Å². The van der Waals surface area contributed by atoms with Gasteiger partial charge in [0.15, 0.2) is 0 Å². The highest BCUT2D eigenvalue weighted by molar-refractivity contribution is 9.10. The second-order valence-corrected chi connectivity index (χ2v) is 5.77. The smallest absolute Gasteiger partial charge is 0.130 e. The van der Waals surface area contributed by atoms with Crippen molar-refractivity contribution in [1.82, 2.24) is 14.9 Å². The average Bonchev–Trinajstić information content (AvgIpc) is 2.92. The lowest BCUT2D eigenvalue weighted by Crippen LogP contribution is -2.27. The zero-order chi connectivity index (χ0) is 14.5. The van der Waals surface area contributed by atoms with Gasteiger partial charge in [-0.15, -0.1) is 0 Å². The SMILES string of the molecule is CCCNC(c1cccc(Br)c1C)c1nccn1CC. The molecule has 1 heterocycles. The summed E-state index contributed by atoms with van der Waals surface area (Å²) in [6.45, 7) is 8.40. The molecule has 1 aromatic heterocycles. The Labute approximate surface area is 129 Å². The first-order valence-electron chi connectivity index (χ1n) is 7.18. The fourth-order valence-corrected chi connectivity index (χ4v) is 2.80. The van der Waals surface area contributed by atoms with Crippen LogP contribution in [0.3, 0.4) is 0 Å². The molecule has 2 rings (SSSR count). The molecule has 0 amide bonds. The number of benzene rings is 1. The minimum atomic E-state index is 0.141. The Kier molecular flexibility index (Phi) is 5.38. The molecule has 0 spiro atoms. The largest absolute Gasteiger partial charge is 0.334 e. The highest BCUT2D eigenvalue weighted by Gasteiger charge is 2.20. The first-order chi connectivity index (χ1) is 9.69. The molecule has 0 saturated heterocycles. The van der Waals surface area contributed by atoms with Gasteiger partial charge in [-0.3, -0.25) is 0 Å². The van der Waals surface area contributed by atoms with Crippen LogP contribution < -0.4 is 5.32 Å². The lowest BCUT2D eigenvalue weighted by Gasteiger charge is -2.22. The van der Waals surface area contributed by atoms with Crippen LogP contribution in [0.5, 0.6) is 0 Å². The van der Waals surface area contributed by atoms with E-state index in [2.05, 4.69) is 69.8 Å². The summed E-state index contributed by atoms with van der Waals surface area (Å²) in [5.74, 6) is 1.09. The van der Waals surface area contributed by atoms with E-state index < -0.39 is 0 Å². The molecule has 20 heavy (non-hydrogen) atoms. The molecule has 3 nitrogen and oxygen atoms in total. The van der Waals surface area contributed by atoms with E-state index in [-0.39, 0.29) is 6.04 Å². The van der Waals surface area contributed by atoms with Crippen LogP contribution in [-0.2, 0) is 6.54 Å². The second kappa shape index (κ2) is 7.04. The summed E-state index contributed by atoms with van der Waals surface area (Å²) >= 11 is 3.63. The predicted octanol–water partition coefficient (Wildman–Crippen LogP) is 4.06. The number of hydrogen-bond acceptors (Lipinski definition) is 2. The van der Waals surface area contributed by atoms with E-state index in [1.54, 1.807) is 0 Å². The summed E-state index contributed by atoms with van der Waals surface area (Å²) in [4.78, 5) is 4.57. The van der Waals surface area contributed by atoms with Crippen molar-refractivity contribution in [3.05, 3.63) is 52.0 Å². The number of nitrogens with one attached hydrogen (secondary N) is 1.